The van der Waals surface area contributed by atoms with E-state index in [9.17, 15) is 9.59 Å². The van der Waals surface area contributed by atoms with E-state index in [1.54, 1.807) is 5.38 Å². The van der Waals surface area contributed by atoms with Crippen LogP contribution in [-0.4, -0.2) is 18.9 Å². The first-order valence-electron chi connectivity index (χ1n) is 9.64. The minimum Gasteiger partial charge on any atom is -0.355 e. The van der Waals surface area contributed by atoms with Crippen LogP contribution in [0.2, 0.25) is 0 Å². The number of fused-ring (bicyclic) bond motifs is 1. The fourth-order valence-electron chi connectivity index (χ4n) is 3.30. The van der Waals surface area contributed by atoms with Gasteiger partial charge in [-0.1, -0.05) is 36.4 Å². The third-order valence-corrected chi connectivity index (χ3v) is 5.92. The molecule has 0 atom stereocenters. The molecule has 0 saturated carbocycles. The highest BCUT2D eigenvalue weighted by Crippen LogP contribution is 2.33. The molecule has 4 rings (SSSR count). The van der Waals surface area contributed by atoms with Crippen molar-refractivity contribution in [2.75, 3.05) is 17.7 Å². The number of rotatable bonds is 5. The molecule has 0 aliphatic heterocycles. The van der Waals surface area contributed by atoms with Gasteiger partial charge < -0.3 is 16.0 Å². The molecule has 2 amide bonds. The standard InChI is InChI=1S/C24H20FN3O2S/c1-14-7-3-5-9-19(14)27-22-18(25)11-15(23(29)26-2)12-20(22)28-24(30)17-13-31-21-10-6-4-8-16(17)21/h3-13,27H,1-2H3,(H,26,29)(H,28,30). The quantitative estimate of drug-likeness (QED) is 0.378. The number of aryl methyl sites for hydroxylation is 1. The summed E-state index contributed by atoms with van der Waals surface area (Å²) in [6, 6.07) is 17.6. The van der Waals surface area contributed by atoms with E-state index in [1.165, 1.54) is 24.5 Å². The van der Waals surface area contributed by atoms with Crippen LogP contribution in [0, 0.1) is 12.7 Å². The summed E-state index contributed by atoms with van der Waals surface area (Å²) in [6.45, 7) is 1.90. The van der Waals surface area contributed by atoms with E-state index >= 15 is 4.39 Å². The van der Waals surface area contributed by atoms with Crippen molar-refractivity contribution in [3.8, 4) is 0 Å². The van der Waals surface area contributed by atoms with Crippen molar-refractivity contribution in [1.82, 2.24) is 5.32 Å². The molecule has 156 valence electrons. The number of benzene rings is 3. The summed E-state index contributed by atoms with van der Waals surface area (Å²) in [5, 5.41) is 10.9. The summed E-state index contributed by atoms with van der Waals surface area (Å²) >= 11 is 1.46. The predicted octanol–water partition coefficient (Wildman–Crippen LogP) is 5.70. The molecule has 0 bridgehead atoms. The summed E-state index contributed by atoms with van der Waals surface area (Å²) in [5.41, 5.74) is 2.50. The van der Waals surface area contributed by atoms with E-state index in [1.807, 2.05) is 55.5 Å². The van der Waals surface area contributed by atoms with E-state index < -0.39 is 11.7 Å². The Morgan fingerprint density at radius 2 is 1.68 bits per heavy atom. The Balaban J connectivity index is 1.76. The van der Waals surface area contributed by atoms with Crippen LogP contribution in [0.4, 0.5) is 21.5 Å². The predicted molar refractivity (Wildman–Crippen MR) is 124 cm³/mol. The fraction of sp³-hybridized carbons (Fsp3) is 0.0833. The lowest BCUT2D eigenvalue weighted by atomic mass is 10.1. The average Bonchev–Trinajstić information content (AvgIpc) is 3.21. The molecule has 1 heterocycles. The maximum atomic E-state index is 15.1. The summed E-state index contributed by atoms with van der Waals surface area (Å²) in [6.07, 6.45) is 0. The number of hydrogen-bond donors (Lipinski definition) is 3. The second kappa shape index (κ2) is 8.57. The lowest BCUT2D eigenvalue weighted by Gasteiger charge is -2.17. The summed E-state index contributed by atoms with van der Waals surface area (Å²) in [4.78, 5) is 25.2. The number of amides is 2. The Bertz CT molecular complexity index is 1300. The van der Waals surface area contributed by atoms with Crippen molar-refractivity contribution in [2.24, 2.45) is 0 Å². The lowest BCUT2D eigenvalue weighted by molar-refractivity contribution is 0.0961. The van der Waals surface area contributed by atoms with Crippen molar-refractivity contribution in [3.05, 3.63) is 88.6 Å². The molecule has 31 heavy (non-hydrogen) atoms. The summed E-state index contributed by atoms with van der Waals surface area (Å²) < 4.78 is 16.1. The van der Waals surface area contributed by atoms with Gasteiger partial charge in [-0.2, -0.15) is 0 Å². The van der Waals surface area contributed by atoms with E-state index in [-0.39, 0.29) is 22.8 Å². The summed E-state index contributed by atoms with van der Waals surface area (Å²) in [7, 11) is 1.47. The highest BCUT2D eigenvalue weighted by molar-refractivity contribution is 7.17. The number of thiophene rings is 1. The van der Waals surface area contributed by atoms with Gasteiger partial charge in [0.25, 0.3) is 11.8 Å². The number of hydrogen-bond acceptors (Lipinski definition) is 4. The van der Waals surface area contributed by atoms with E-state index in [0.29, 0.717) is 11.3 Å². The number of halogens is 1. The zero-order chi connectivity index (χ0) is 22.0. The van der Waals surface area contributed by atoms with Gasteiger partial charge in [0, 0.05) is 33.8 Å². The molecule has 1 aromatic heterocycles. The van der Waals surface area contributed by atoms with Crippen LogP contribution < -0.4 is 16.0 Å². The number of carbonyl (C=O) groups excluding carboxylic acids is 2. The monoisotopic (exact) mass is 433 g/mol. The topological polar surface area (TPSA) is 70.2 Å². The third kappa shape index (κ3) is 4.13. The summed E-state index contributed by atoms with van der Waals surface area (Å²) in [5.74, 6) is -1.47. The lowest BCUT2D eigenvalue weighted by Crippen LogP contribution is -2.20. The molecule has 5 nitrogen and oxygen atoms in total. The van der Waals surface area contributed by atoms with Crippen LogP contribution in [0.3, 0.4) is 0 Å². The van der Waals surface area contributed by atoms with Gasteiger partial charge in [-0.05, 0) is 36.8 Å². The molecule has 3 aromatic carbocycles. The third-order valence-electron chi connectivity index (χ3n) is 4.96. The Morgan fingerprint density at radius 3 is 2.45 bits per heavy atom. The van der Waals surface area contributed by atoms with Crippen molar-refractivity contribution >= 4 is 50.3 Å². The highest BCUT2D eigenvalue weighted by atomic mass is 32.1. The molecular formula is C24H20FN3O2S. The van der Waals surface area contributed by atoms with Gasteiger partial charge in [0.05, 0.1) is 16.9 Å². The van der Waals surface area contributed by atoms with Gasteiger partial charge in [-0.15, -0.1) is 11.3 Å². The van der Waals surface area contributed by atoms with Gasteiger partial charge in [-0.3, -0.25) is 9.59 Å². The minimum atomic E-state index is -0.644. The second-order valence-corrected chi connectivity index (χ2v) is 7.91. The first kappa shape index (κ1) is 20.6. The van der Waals surface area contributed by atoms with Gasteiger partial charge in [0.2, 0.25) is 0 Å². The SMILES string of the molecule is CNC(=O)c1cc(F)c(Nc2ccccc2C)c(NC(=O)c2csc3ccccc23)c1. The number of nitrogens with one attached hydrogen (secondary N) is 3. The van der Waals surface area contributed by atoms with Crippen LogP contribution in [0.5, 0.6) is 0 Å². The molecule has 0 spiro atoms. The zero-order valence-corrected chi connectivity index (χ0v) is 17.8. The van der Waals surface area contributed by atoms with E-state index in [4.69, 9.17) is 0 Å². The first-order chi connectivity index (χ1) is 15.0. The van der Waals surface area contributed by atoms with Gasteiger partial charge in [-0.25, -0.2) is 4.39 Å². The number of para-hydroxylation sites is 1. The van der Waals surface area contributed by atoms with Crippen molar-refractivity contribution in [2.45, 2.75) is 6.92 Å². The Labute approximate surface area is 182 Å². The van der Waals surface area contributed by atoms with Gasteiger partial charge in [0.1, 0.15) is 5.82 Å². The molecule has 0 radical (unpaired) electrons. The molecule has 0 saturated heterocycles. The van der Waals surface area contributed by atoms with Crippen LogP contribution in [0.25, 0.3) is 10.1 Å². The molecule has 0 aliphatic rings. The Hall–Kier alpha value is -3.71. The highest BCUT2D eigenvalue weighted by Gasteiger charge is 2.19. The molecule has 0 aliphatic carbocycles. The fourth-order valence-corrected chi connectivity index (χ4v) is 4.24. The molecular weight excluding hydrogens is 413 g/mol. The minimum absolute atomic E-state index is 0.0924. The zero-order valence-electron chi connectivity index (χ0n) is 17.0. The van der Waals surface area contributed by atoms with Crippen molar-refractivity contribution < 1.29 is 14.0 Å². The van der Waals surface area contributed by atoms with Crippen LogP contribution in [0.1, 0.15) is 26.3 Å². The molecule has 4 aromatic rings. The van der Waals surface area contributed by atoms with E-state index in [2.05, 4.69) is 16.0 Å². The number of anilines is 3. The van der Waals surface area contributed by atoms with Crippen LogP contribution >= 0.6 is 11.3 Å². The van der Waals surface area contributed by atoms with Crippen molar-refractivity contribution in [3.63, 3.8) is 0 Å². The van der Waals surface area contributed by atoms with E-state index in [0.717, 1.165) is 21.7 Å². The Morgan fingerprint density at radius 1 is 0.935 bits per heavy atom. The molecule has 7 heteroatoms. The number of carbonyl (C=O) groups is 2. The maximum absolute atomic E-state index is 15.1. The molecule has 0 fully saturated rings. The van der Waals surface area contributed by atoms with Crippen molar-refractivity contribution in [1.29, 1.82) is 0 Å². The first-order valence-corrected chi connectivity index (χ1v) is 10.5. The van der Waals surface area contributed by atoms with Crippen LogP contribution in [0.15, 0.2) is 66.0 Å². The Kier molecular flexibility index (Phi) is 5.68. The smallest absolute Gasteiger partial charge is 0.257 e. The second-order valence-electron chi connectivity index (χ2n) is 7.00. The van der Waals surface area contributed by atoms with Gasteiger partial charge >= 0.3 is 0 Å². The van der Waals surface area contributed by atoms with Crippen LogP contribution in [-0.2, 0) is 0 Å². The average molecular weight is 434 g/mol. The normalized spacial score (nSPS) is 10.7. The molecule has 0 unspecified atom stereocenters. The molecule has 3 N–H and O–H groups in total. The largest absolute Gasteiger partial charge is 0.355 e. The van der Waals surface area contributed by atoms with Gasteiger partial charge in [0.15, 0.2) is 0 Å². The maximum Gasteiger partial charge on any atom is 0.257 e.